The molecule has 3 rings (SSSR count). The van der Waals surface area contributed by atoms with Gasteiger partial charge in [0.15, 0.2) is 0 Å². The van der Waals surface area contributed by atoms with Crippen molar-refractivity contribution in [3.63, 3.8) is 0 Å². The second kappa shape index (κ2) is 9.54. The number of carbonyl (C=O) groups is 2. The molecule has 0 aliphatic carbocycles. The highest BCUT2D eigenvalue weighted by Gasteiger charge is 2.24. The standard InChI is InChI=1S/C22H24N4O6/c1-3-14(2)22(28)24-7-6-16-8-15(4-5-17(16)13-24)12-23-21(27)18-9-19(25(29)30)11-20(10-18)26(31)32/h4-5,8-11,14H,3,6-7,12-13H2,1-2H3,(H,23,27). The average molecular weight is 440 g/mol. The first-order chi connectivity index (χ1) is 15.2. The third-order valence-electron chi connectivity index (χ3n) is 5.67. The molecule has 10 heteroatoms. The molecule has 1 unspecified atom stereocenters. The first-order valence-electron chi connectivity index (χ1n) is 10.3. The van der Waals surface area contributed by atoms with Gasteiger partial charge in [-0.3, -0.25) is 29.8 Å². The first-order valence-corrected chi connectivity index (χ1v) is 10.3. The molecule has 0 spiro atoms. The van der Waals surface area contributed by atoms with E-state index in [4.69, 9.17) is 0 Å². The second-order valence-electron chi connectivity index (χ2n) is 7.86. The van der Waals surface area contributed by atoms with Gasteiger partial charge in [-0.15, -0.1) is 0 Å². The van der Waals surface area contributed by atoms with Crippen LogP contribution in [-0.4, -0.2) is 33.1 Å². The van der Waals surface area contributed by atoms with Gasteiger partial charge >= 0.3 is 0 Å². The molecule has 1 aliphatic rings. The van der Waals surface area contributed by atoms with Gasteiger partial charge in [-0.25, -0.2) is 0 Å². The van der Waals surface area contributed by atoms with Crippen molar-refractivity contribution in [3.05, 3.63) is 78.9 Å². The molecule has 0 saturated heterocycles. The molecular formula is C22H24N4O6. The van der Waals surface area contributed by atoms with Gasteiger partial charge in [0, 0.05) is 37.7 Å². The van der Waals surface area contributed by atoms with Crippen molar-refractivity contribution in [1.29, 1.82) is 0 Å². The molecule has 1 N–H and O–H groups in total. The quantitative estimate of drug-likeness (QED) is 0.518. The Balaban J connectivity index is 1.69. The Hall–Kier alpha value is -3.82. The summed E-state index contributed by atoms with van der Waals surface area (Å²) in [4.78, 5) is 47.3. The van der Waals surface area contributed by atoms with Crippen LogP contribution in [0.1, 0.15) is 47.3 Å². The van der Waals surface area contributed by atoms with Gasteiger partial charge in [0.05, 0.1) is 21.5 Å². The van der Waals surface area contributed by atoms with Crippen LogP contribution in [0.25, 0.3) is 0 Å². The summed E-state index contributed by atoms with van der Waals surface area (Å²) in [5.74, 6) is -0.490. The van der Waals surface area contributed by atoms with E-state index in [1.54, 1.807) is 0 Å². The zero-order chi connectivity index (χ0) is 23.4. The van der Waals surface area contributed by atoms with Crippen LogP contribution in [0.3, 0.4) is 0 Å². The number of rotatable bonds is 7. The van der Waals surface area contributed by atoms with E-state index in [0.29, 0.717) is 13.1 Å². The summed E-state index contributed by atoms with van der Waals surface area (Å²) in [6, 6.07) is 8.60. The molecule has 0 saturated carbocycles. The van der Waals surface area contributed by atoms with Crippen molar-refractivity contribution in [3.8, 4) is 0 Å². The third-order valence-corrected chi connectivity index (χ3v) is 5.67. The number of fused-ring (bicyclic) bond motifs is 1. The van der Waals surface area contributed by atoms with Crippen molar-refractivity contribution in [2.75, 3.05) is 6.54 Å². The van der Waals surface area contributed by atoms with E-state index in [1.807, 2.05) is 36.9 Å². The summed E-state index contributed by atoms with van der Waals surface area (Å²) in [7, 11) is 0. The predicted molar refractivity (Wildman–Crippen MR) is 116 cm³/mol. The topological polar surface area (TPSA) is 136 Å². The molecule has 0 aromatic heterocycles. The van der Waals surface area contributed by atoms with E-state index in [-0.39, 0.29) is 23.9 Å². The minimum Gasteiger partial charge on any atom is -0.348 e. The normalized spacial score (nSPS) is 13.8. The zero-order valence-electron chi connectivity index (χ0n) is 17.9. The minimum absolute atomic E-state index is 0.00401. The number of non-ortho nitro benzene ring substituents is 2. The highest BCUT2D eigenvalue weighted by atomic mass is 16.6. The summed E-state index contributed by atoms with van der Waals surface area (Å²) < 4.78 is 0. The van der Waals surface area contributed by atoms with Gasteiger partial charge in [-0.1, -0.05) is 32.0 Å². The minimum atomic E-state index is -0.775. The van der Waals surface area contributed by atoms with Gasteiger partial charge in [-0.05, 0) is 29.5 Å². The molecule has 1 atom stereocenters. The number of nitrogens with one attached hydrogen (secondary N) is 1. The number of hydrogen-bond donors (Lipinski definition) is 1. The van der Waals surface area contributed by atoms with Crippen LogP contribution in [-0.2, 0) is 24.3 Å². The van der Waals surface area contributed by atoms with E-state index in [2.05, 4.69) is 5.32 Å². The highest BCUT2D eigenvalue weighted by Crippen LogP contribution is 2.24. The van der Waals surface area contributed by atoms with Crippen LogP contribution >= 0.6 is 0 Å². The summed E-state index contributed by atoms with van der Waals surface area (Å²) in [6.45, 7) is 5.29. The van der Waals surface area contributed by atoms with Crippen LogP contribution in [0.2, 0.25) is 0 Å². The summed E-state index contributed by atoms with van der Waals surface area (Å²) in [5.41, 5.74) is 1.82. The van der Waals surface area contributed by atoms with Gasteiger partial charge < -0.3 is 10.2 Å². The molecule has 2 aromatic rings. The summed E-state index contributed by atoms with van der Waals surface area (Å²) >= 11 is 0. The van der Waals surface area contributed by atoms with Gasteiger partial charge in [0.25, 0.3) is 17.3 Å². The molecule has 0 bridgehead atoms. The van der Waals surface area contributed by atoms with E-state index in [0.717, 1.165) is 47.7 Å². The maximum atomic E-state index is 12.5. The monoisotopic (exact) mass is 440 g/mol. The lowest BCUT2D eigenvalue weighted by Gasteiger charge is -2.31. The van der Waals surface area contributed by atoms with Crippen molar-refractivity contribution >= 4 is 23.2 Å². The Labute approximate surface area is 184 Å². The number of benzene rings is 2. The Morgan fingerprint density at radius 3 is 2.31 bits per heavy atom. The molecule has 2 aromatic carbocycles. The number of amides is 2. The smallest absolute Gasteiger partial charge is 0.277 e. The third kappa shape index (κ3) is 5.08. The van der Waals surface area contributed by atoms with Crippen molar-refractivity contribution in [2.45, 2.75) is 39.8 Å². The molecule has 1 heterocycles. The number of carbonyl (C=O) groups excluding carboxylic acids is 2. The maximum absolute atomic E-state index is 12.5. The van der Waals surface area contributed by atoms with Crippen molar-refractivity contribution in [2.24, 2.45) is 5.92 Å². The lowest BCUT2D eigenvalue weighted by molar-refractivity contribution is -0.394. The lowest BCUT2D eigenvalue weighted by Crippen LogP contribution is -2.39. The number of nitro groups is 2. The fraction of sp³-hybridized carbons (Fsp3) is 0.364. The fourth-order valence-electron chi connectivity index (χ4n) is 3.61. The van der Waals surface area contributed by atoms with Crippen molar-refractivity contribution in [1.82, 2.24) is 10.2 Å². The van der Waals surface area contributed by atoms with Crippen LogP contribution in [0, 0.1) is 26.1 Å². The van der Waals surface area contributed by atoms with Gasteiger partial charge in [-0.2, -0.15) is 0 Å². The number of nitrogens with zero attached hydrogens (tertiary/aromatic N) is 3. The average Bonchev–Trinajstić information content (AvgIpc) is 2.80. The molecule has 0 fully saturated rings. The number of hydrogen-bond acceptors (Lipinski definition) is 6. The van der Waals surface area contributed by atoms with Gasteiger partial charge in [0.2, 0.25) is 5.91 Å². The Bertz CT molecular complexity index is 1050. The second-order valence-corrected chi connectivity index (χ2v) is 7.86. The molecule has 10 nitrogen and oxygen atoms in total. The Kier molecular flexibility index (Phi) is 6.82. The van der Waals surface area contributed by atoms with E-state index in [9.17, 15) is 29.8 Å². The van der Waals surface area contributed by atoms with Crippen LogP contribution in [0.4, 0.5) is 11.4 Å². The van der Waals surface area contributed by atoms with Gasteiger partial charge in [0.1, 0.15) is 0 Å². The predicted octanol–water partition coefficient (Wildman–Crippen LogP) is 3.36. The molecule has 0 radical (unpaired) electrons. The highest BCUT2D eigenvalue weighted by molar-refractivity contribution is 5.95. The maximum Gasteiger partial charge on any atom is 0.277 e. The SMILES string of the molecule is CCC(C)C(=O)N1CCc2cc(CNC(=O)c3cc([N+](=O)[O-])cc([N+](=O)[O-])c3)ccc2C1. The first kappa shape index (κ1) is 22.9. The largest absolute Gasteiger partial charge is 0.348 e. The molecule has 168 valence electrons. The molecule has 2 amide bonds. The van der Waals surface area contributed by atoms with Crippen molar-refractivity contribution < 1.29 is 19.4 Å². The summed E-state index contributed by atoms with van der Waals surface area (Å²) in [6.07, 6.45) is 1.52. The van der Waals surface area contributed by atoms with E-state index < -0.39 is 27.1 Å². The van der Waals surface area contributed by atoms with E-state index in [1.165, 1.54) is 0 Å². The molecule has 32 heavy (non-hydrogen) atoms. The van der Waals surface area contributed by atoms with Crippen LogP contribution < -0.4 is 5.32 Å². The Morgan fingerprint density at radius 1 is 1.06 bits per heavy atom. The van der Waals surface area contributed by atoms with E-state index >= 15 is 0 Å². The molecule has 1 aliphatic heterocycles. The lowest BCUT2D eigenvalue weighted by atomic mass is 9.96. The summed E-state index contributed by atoms with van der Waals surface area (Å²) in [5, 5.41) is 24.7. The van der Waals surface area contributed by atoms with Crippen LogP contribution in [0.15, 0.2) is 36.4 Å². The van der Waals surface area contributed by atoms with Crippen LogP contribution in [0.5, 0.6) is 0 Å². The fourth-order valence-corrected chi connectivity index (χ4v) is 3.61. The Morgan fingerprint density at radius 2 is 1.72 bits per heavy atom. The molecular weight excluding hydrogens is 416 g/mol. The number of nitro benzene ring substituents is 2. The zero-order valence-corrected chi connectivity index (χ0v) is 17.9.